The van der Waals surface area contributed by atoms with Crippen molar-refractivity contribution >= 4 is 17.6 Å². The van der Waals surface area contributed by atoms with Crippen molar-refractivity contribution in [2.24, 2.45) is 10.4 Å². The Morgan fingerprint density at radius 3 is 3.10 bits per heavy atom. The van der Waals surface area contributed by atoms with E-state index in [9.17, 15) is 0 Å². The molecule has 1 fully saturated rings. The van der Waals surface area contributed by atoms with Crippen molar-refractivity contribution in [1.82, 2.24) is 5.32 Å². The van der Waals surface area contributed by atoms with E-state index in [4.69, 9.17) is 11.8 Å². The second kappa shape index (κ2) is 3.81. The highest BCUT2D eigenvalue weighted by Crippen LogP contribution is 2.15. The lowest BCUT2D eigenvalue weighted by Crippen LogP contribution is -2.13. The molecule has 0 spiro atoms. The largest absolute Gasteiger partial charge is 0.372 e. The van der Waals surface area contributed by atoms with Crippen LogP contribution in [0.15, 0.2) is 4.51 Å². The van der Waals surface area contributed by atoms with Crippen LogP contribution in [0.5, 0.6) is 0 Å². The van der Waals surface area contributed by atoms with Crippen molar-refractivity contribution in [3.63, 3.8) is 0 Å². The molecule has 2 nitrogen and oxygen atoms in total. The summed E-state index contributed by atoms with van der Waals surface area (Å²) in [5.74, 6) is 1.72. The molecule has 58 valence electrons. The number of hydrogen-bond acceptors (Lipinski definition) is 1. The SMILES string of the molecule is CCCC1CN/C(=N\Cl)C1. The third kappa shape index (κ3) is 1.87. The van der Waals surface area contributed by atoms with E-state index in [2.05, 4.69) is 16.8 Å². The average Bonchev–Trinajstić information content (AvgIpc) is 2.37. The minimum absolute atomic E-state index is 0.766. The van der Waals surface area contributed by atoms with E-state index in [1.54, 1.807) is 0 Å². The maximum absolute atomic E-state index is 5.30. The van der Waals surface area contributed by atoms with Gasteiger partial charge in [0.05, 0.1) is 0 Å². The Bertz CT molecular complexity index is 134. The fourth-order valence-corrected chi connectivity index (χ4v) is 1.49. The lowest BCUT2D eigenvalue weighted by molar-refractivity contribution is 0.530. The lowest BCUT2D eigenvalue weighted by atomic mass is 10.0. The summed E-state index contributed by atoms with van der Waals surface area (Å²) in [6.07, 6.45) is 3.57. The first-order valence-corrected chi connectivity index (χ1v) is 4.12. The van der Waals surface area contributed by atoms with E-state index in [0.717, 1.165) is 24.7 Å². The molecule has 1 heterocycles. The zero-order valence-electron chi connectivity index (χ0n) is 6.23. The summed E-state index contributed by atoms with van der Waals surface area (Å²) in [6.45, 7) is 3.26. The van der Waals surface area contributed by atoms with Gasteiger partial charge in [-0.25, -0.2) is 0 Å². The molecule has 0 saturated carbocycles. The van der Waals surface area contributed by atoms with Crippen molar-refractivity contribution in [3.05, 3.63) is 0 Å². The van der Waals surface area contributed by atoms with Gasteiger partial charge in [0.1, 0.15) is 5.84 Å². The van der Waals surface area contributed by atoms with Gasteiger partial charge in [0, 0.05) is 24.7 Å². The van der Waals surface area contributed by atoms with E-state index >= 15 is 0 Å². The van der Waals surface area contributed by atoms with E-state index in [1.807, 2.05) is 0 Å². The molecule has 0 bridgehead atoms. The molecular weight excluding hydrogens is 148 g/mol. The Balaban J connectivity index is 2.29. The Labute approximate surface area is 66.8 Å². The van der Waals surface area contributed by atoms with Crippen LogP contribution in [-0.4, -0.2) is 12.4 Å². The third-order valence-corrected chi connectivity index (χ3v) is 2.08. The normalized spacial score (nSPS) is 29.0. The molecule has 0 aromatic rings. The van der Waals surface area contributed by atoms with Crippen LogP contribution in [0.2, 0.25) is 0 Å². The van der Waals surface area contributed by atoms with E-state index < -0.39 is 0 Å². The summed E-state index contributed by atoms with van der Waals surface area (Å²) in [5, 5.41) is 3.16. The predicted octanol–water partition coefficient (Wildman–Crippen LogP) is 1.95. The molecular formula is C7H13ClN2. The maximum Gasteiger partial charge on any atom is 0.117 e. The van der Waals surface area contributed by atoms with Crippen LogP contribution < -0.4 is 5.32 Å². The lowest BCUT2D eigenvalue weighted by Gasteiger charge is -2.01. The molecule has 1 rings (SSSR count). The highest BCUT2D eigenvalue weighted by molar-refractivity contribution is 6.19. The zero-order chi connectivity index (χ0) is 7.40. The number of nitrogens with one attached hydrogen (secondary N) is 1. The number of halogens is 1. The van der Waals surface area contributed by atoms with Crippen molar-refractivity contribution in [2.45, 2.75) is 26.2 Å². The Hall–Kier alpha value is -0.240. The molecule has 3 heteroatoms. The summed E-state index contributed by atoms with van der Waals surface area (Å²) in [6, 6.07) is 0. The third-order valence-electron chi connectivity index (χ3n) is 1.88. The topological polar surface area (TPSA) is 24.4 Å². The van der Waals surface area contributed by atoms with Gasteiger partial charge in [0.2, 0.25) is 0 Å². The van der Waals surface area contributed by atoms with Crippen LogP contribution >= 0.6 is 11.8 Å². The number of nitrogens with zero attached hydrogens (tertiary/aromatic N) is 1. The van der Waals surface area contributed by atoms with Gasteiger partial charge in [-0.05, 0) is 12.3 Å². The smallest absolute Gasteiger partial charge is 0.117 e. The second-order valence-corrected chi connectivity index (χ2v) is 2.94. The minimum atomic E-state index is 0.766. The summed E-state index contributed by atoms with van der Waals surface area (Å²) >= 11 is 5.30. The van der Waals surface area contributed by atoms with Gasteiger partial charge < -0.3 is 5.32 Å². The van der Waals surface area contributed by atoms with Crippen LogP contribution in [0.4, 0.5) is 0 Å². The van der Waals surface area contributed by atoms with Crippen LogP contribution in [-0.2, 0) is 0 Å². The number of rotatable bonds is 2. The van der Waals surface area contributed by atoms with Gasteiger partial charge in [-0.3, -0.25) is 0 Å². The molecule has 1 aliphatic heterocycles. The molecule has 1 atom stereocenters. The average molecular weight is 161 g/mol. The van der Waals surface area contributed by atoms with Gasteiger partial charge in [0.25, 0.3) is 0 Å². The molecule has 1 aliphatic rings. The van der Waals surface area contributed by atoms with Gasteiger partial charge in [-0.15, -0.1) is 0 Å². The zero-order valence-corrected chi connectivity index (χ0v) is 6.99. The standard InChI is InChI=1S/C7H13ClN2/c1-2-3-6-4-7(10-8)9-5-6/h6H,2-5H2,1H3,(H,9,10). The molecule has 10 heavy (non-hydrogen) atoms. The summed E-state index contributed by atoms with van der Waals surface area (Å²) in [4.78, 5) is 0. The Morgan fingerprint density at radius 2 is 2.60 bits per heavy atom. The van der Waals surface area contributed by atoms with Crippen LogP contribution in [0.3, 0.4) is 0 Å². The predicted molar refractivity (Wildman–Crippen MR) is 44.3 cm³/mol. The quantitative estimate of drug-likeness (QED) is 0.656. The Kier molecular flexibility index (Phi) is 3.00. The highest BCUT2D eigenvalue weighted by atomic mass is 35.5. The molecule has 0 amide bonds. The van der Waals surface area contributed by atoms with Crippen LogP contribution in [0.1, 0.15) is 26.2 Å². The second-order valence-electron chi connectivity index (χ2n) is 2.77. The maximum atomic E-state index is 5.30. The molecule has 1 N–H and O–H groups in total. The molecule has 0 aliphatic carbocycles. The number of amidine groups is 1. The Morgan fingerprint density at radius 1 is 1.80 bits per heavy atom. The molecule has 0 radical (unpaired) electrons. The van der Waals surface area contributed by atoms with E-state index in [1.165, 1.54) is 12.8 Å². The summed E-state index contributed by atoms with van der Waals surface area (Å²) < 4.78 is 3.60. The van der Waals surface area contributed by atoms with Crippen molar-refractivity contribution in [1.29, 1.82) is 0 Å². The van der Waals surface area contributed by atoms with Gasteiger partial charge in [0.15, 0.2) is 0 Å². The highest BCUT2D eigenvalue weighted by Gasteiger charge is 2.18. The van der Waals surface area contributed by atoms with Crippen molar-refractivity contribution < 1.29 is 0 Å². The minimum Gasteiger partial charge on any atom is -0.372 e. The van der Waals surface area contributed by atoms with Crippen molar-refractivity contribution in [3.8, 4) is 0 Å². The molecule has 0 aromatic carbocycles. The number of hydrogen-bond donors (Lipinski definition) is 1. The first-order chi connectivity index (χ1) is 4.86. The first-order valence-electron chi connectivity index (χ1n) is 3.78. The summed E-state index contributed by atoms with van der Waals surface area (Å²) in [5.41, 5.74) is 0. The van der Waals surface area contributed by atoms with Crippen LogP contribution in [0, 0.1) is 5.92 Å². The van der Waals surface area contributed by atoms with Gasteiger partial charge in [-0.1, -0.05) is 13.3 Å². The molecule has 0 aromatic heterocycles. The van der Waals surface area contributed by atoms with Crippen LogP contribution in [0.25, 0.3) is 0 Å². The van der Waals surface area contributed by atoms with Gasteiger partial charge in [-0.2, -0.15) is 4.51 Å². The van der Waals surface area contributed by atoms with Crippen molar-refractivity contribution in [2.75, 3.05) is 6.54 Å². The fraction of sp³-hybridized carbons (Fsp3) is 0.857. The monoisotopic (exact) mass is 160 g/mol. The van der Waals surface area contributed by atoms with Gasteiger partial charge >= 0.3 is 0 Å². The molecule has 1 unspecified atom stereocenters. The van der Waals surface area contributed by atoms with E-state index in [0.29, 0.717) is 0 Å². The summed E-state index contributed by atoms with van der Waals surface area (Å²) in [7, 11) is 0. The molecule has 1 saturated heterocycles. The fourth-order valence-electron chi connectivity index (χ4n) is 1.36. The first kappa shape index (κ1) is 7.86. The van der Waals surface area contributed by atoms with E-state index in [-0.39, 0.29) is 0 Å².